The molecule has 1 aromatic carbocycles. The number of nitrogens with two attached hydrogens (primary N) is 1. The first-order valence-corrected chi connectivity index (χ1v) is 7.61. The second kappa shape index (κ2) is 4.22. The molecule has 1 aromatic rings. The maximum absolute atomic E-state index is 11.4. The first kappa shape index (κ1) is 12.2. The third kappa shape index (κ3) is 2.54. The zero-order valence-corrected chi connectivity index (χ0v) is 11.0. The van der Waals surface area contributed by atoms with Gasteiger partial charge in [0.1, 0.15) is 0 Å². The third-order valence-corrected chi connectivity index (χ3v) is 4.30. The molecule has 0 bridgehead atoms. The Labute approximate surface area is 102 Å². The Morgan fingerprint density at radius 1 is 1.41 bits per heavy atom. The average molecular weight is 254 g/mol. The Balaban J connectivity index is 2.32. The number of nitrogens with zero attached hydrogens (tertiary/aromatic N) is 1. The van der Waals surface area contributed by atoms with Gasteiger partial charge in [-0.15, -0.1) is 0 Å². The van der Waals surface area contributed by atoms with Crippen molar-refractivity contribution in [3.8, 4) is 0 Å². The minimum absolute atomic E-state index is 0.283. The van der Waals surface area contributed by atoms with Crippen LogP contribution in [0.3, 0.4) is 0 Å². The molecular formula is C12H18N2O2S. The van der Waals surface area contributed by atoms with E-state index in [1.165, 1.54) is 6.26 Å². The molecule has 1 aliphatic heterocycles. The average Bonchev–Trinajstić information content (AvgIpc) is 2.63. The Morgan fingerprint density at radius 3 is 2.59 bits per heavy atom. The summed E-state index contributed by atoms with van der Waals surface area (Å²) in [5.74, 6) is 0.670. The zero-order chi connectivity index (χ0) is 12.6. The van der Waals surface area contributed by atoms with Crippen molar-refractivity contribution in [3.63, 3.8) is 0 Å². The van der Waals surface area contributed by atoms with Crippen LogP contribution in [0.4, 0.5) is 11.4 Å². The summed E-state index contributed by atoms with van der Waals surface area (Å²) < 4.78 is 22.8. The summed E-state index contributed by atoms with van der Waals surface area (Å²) in [6, 6.07) is 4.99. The van der Waals surface area contributed by atoms with E-state index in [0.717, 1.165) is 25.2 Å². The molecule has 2 N–H and O–H groups in total. The van der Waals surface area contributed by atoms with E-state index in [2.05, 4.69) is 11.8 Å². The molecule has 17 heavy (non-hydrogen) atoms. The van der Waals surface area contributed by atoms with Crippen LogP contribution >= 0.6 is 0 Å². The van der Waals surface area contributed by atoms with Gasteiger partial charge < -0.3 is 10.6 Å². The van der Waals surface area contributed by atoms with Crippen molar-refractivity contribution in [2.45, 2.75) is 18.2 Å². The van der Waals surface area contributed by atoms with Crippen LogP contribution in [-0.4, -0.2) is 27.8 Å². The van der Waals surface area contributed by atoms with Crippen molar-refractivity contribution in [2.24, 2.45) is 5.92 Å². The lowest BCUT2D eigenvalue weighted by Crippen LogP contribution is -2.20. The fourth-order valence-corrected chi connectivity index (χ4v) is 2.86. The molecular weight excluding hydrogens is 236 g/mol. The van der Waals surface area contributed by atoms with Gasteiger partial charge in [-0.3, -0.25) is 0 Å². The molecule has 0 aromatic heterocycles. The predicted molar refractivity (Wildman–Crippen MR) is 70.0 cm³/mol. The molecule has 1 saturated heterocycles. The molecule has 1 fully saturated rings. The molecule has 0 radical (unpaired) electrons. The van der Waals surface area contributed by atoms with Gasteiger partial charge in [-0.1, -0.05) is 6.92 Å². The Morgan fingerprint density at radius 2 is 2.12 bits per heavy atom. The first-order chi connectivity index (χ1) is 7.88. The van der Waals surface area contributed by atoms with Crippen LogP contribution in [0.5, 0.6) is 0 Å². The van der Waals surface area contributed by atoms with Crippen LogP contribution < -0.4 is 10.6 Å². The highest BCUT2D eigenvalue weighted by atomic mass is 32.2. The maximum Gasteiger partial charge on any atom is 0.175 e. The van der Waals surface area contributed by atoms with E-state index in [1.54, 1.807) is 12.1 Å². The maximum atomic E-state index is 11.4. The van der Waals surface area contributed by atoms with E-state index in [4.69, 9.17) is 5.73 Å². The zero-order valence-electron chi connectivity index (χ0n) is 10.2. The van der Waals surface area contributed by atoms with Crippen LogP contribution in [0.1, 0.15) is 13.3 Å². The number of sulfone groups is 1. The molecule has 0 amide bonds. The summed E-state index contributed by atoms with van der Waals surface area (Å²) in [6.07, 6.45) is 2.35. The fourth-order valence-electron chi connectivity index (χ4n) is 2.21. The summed E-state index contributed by atoms with van der Waals surface area (Å²) in [7, 11) is -3.17. The molecule has 1 aliphatic rings. The standard InChI is InChI=1S/C12H18N2O2S/c1-9-5-6-14(8-9)12-4-3-10(7-11(12)13)17(2,15)16/h3-4,7,9H,5-6,8,13H2,1-2H3. The summed E-state index contributed by atoms with van der Waals surface area (Å²) >= 11 is 0. The van der Waals surface area contributed by atoms with E-state index in [-0.39, 0.29) is 4.90 Å². The Hall–Kier alpha value is -1.23. The van der Waals surface area contributed by atoms with E-state index >= 15 is 0 Å². The Kier molecular flexibility index (Phi) is 3.03. The van der Waals surface area contributed by atoms with Crippen molar-refractivity contribution in [3.05, 3.63) is 18.2 Å². The molecule has 5 heteroatoms. The van der Waals surface area contributed by atoms with Crippen molar-refractivity contribution in [1.29, 1.82) is 0 Å². The van der Waals surface area contributed by atoms with Gasteiger partial charge in [0, 0.05) is 19.3 Å². The fraction of sp³-hybridized carbons (Fsp3) is 0.500. The number of hydrogen-bond donors (Lipinski definition) is 1. The highest BCUT2D eigenvalue weighted by Gasteiger charge is 2.21. The minimum Gasteiger partial charge on any atom is -0.397 e. The second-order valence-corrected chi connectivity index (χ2v) is 6.85. The van der Waals surface area contributed by atoms with Gasteiger partial charge in [-0.25, -0.2) is 8.42 Å². The molecule has 2 rings (SSSR count). The van der Waals surface area contributed by atoms with Gasteiger partial charge in [0.25, 0.3) is 0 Å². The van der Waals surface area contributed by atoms with Crippen LogP contribution in [0.25, 0.3) is 0 Å². The number of anilines is 2. The van der Waals surface area contributed by atoms with Crippen molar-refractivity contribution in [1.82, 2.24) is 0 Å². The van der Waals surface area contributed by atoms with Gasteiger partial charge in [0.2, 0.25) is 0 Å². The van der Waals surface area contributed by atoms with Gasteiger partial charge in [-0.2, -0.15) is 0 Å². The highest BCUT2D eigenvalue weighted by molar-refractivity contribution is 7.90. The van der Waals surface area contributed by atoms with Gasteiger partial charge in [0.05, 0.1) is 16.3 Å². The van der Waals surface area contributed by atoms with Crippen LogP contribution in [-0.2, 0) is 9.84 Å². The van der Waals surface area contributed by atoms with Crippen molar-refractivity contribution < 1.29 is 8.42 Å². The van der Waals surface area contributed by atoms with E-state index in [1.807, 2.05) is 6.07 Å². The second-order valence-electron chi connectivity index (χ2n) is 4.83. The summed E-state index contributed by atoms with van der Waals surface area (Å²) in [5, 5.41) is 0. The monoisotopic (exact) mass is 254 g/mol. The number of rotatable bonds is 2. The first-order valence-electron chi connectivity index (χ1n) is 5.72. The number of nitrogen functional groups attached to an aromatic ring is 1. The summed E-state index contributed by atoms with van der Waals surface area (Å²) in [5.41, 5.74) is 7.43. The summed E-state index contributed by atoms with van der Waals surface area (Å²) in [4.78, 5) is 2.50. The van der Waals surface area contributed by atoms with Crippen LogP contribution in [0.2, 0.25) is 0 Å². The highest BCUT2D eigenvalue weighted by Crippen LogP contribution is 2.30. The SMILES string of the molecule is CC1CCN(c2ccc(S(C)(=O)=O)cc2N)C1. The molecule has 94 valence electrons. The normalized spacial score (nSPS) is 20.8. The number of benzene rings is 1. The van der Waals surface area contributed by atoms with Gasteiger partial charge in [-0.05, 0) is 30.5 Å². The molecule has 0 aliphatic carbocycles. The Bertz CT molecular complexity index is 525. The van der Waals surface area contributed by atoms with Crippen LogP contribution in [0.15, 0.2) is 23.1 Å². The molecule has 0 spiro atoms. The summed E-state index contributed by atoms with van der Waals surface area (Å²) in [6.45, 7) is 4.19. The molecule has 1 atom stereocenters. The third-order valence-electron chi connectivity index (χ3n) is 3.19. The smallest absolute Gasteiger partial charge is 0.175 e. The molecule has 0 saturated carbocycles. The van der Waals surface area contributed by atoms with Gasteiger partial charge >= 0.3 is 0 Å². The lowest BCUT2D eigenvalue weighted by atomic mass is 10.2. The molecule has 1 unspecified atom stereocenters. The molecule has 1 heterocycles. The topological polar surface area (TPSA) is 63.4 Å². The number of hydrogen-bond acceptors (Lipinski definition) is 4. The quantitative estimate of drug-likeness (QED) is 0.813. The van der Waals surface area contributed by atoms with Crippen molar-refractivity contribution >= 4 is 21.2 Å². The van der Waals surface area contributed by atoms with Crippen LogP contribution in [0, 0.1) is 5.92 Å². The lowest BCUT2D eigenvalue weighted by Gasteiger charge is -2.20. The van der Waals surface area contributed by atoms with E-state index in [9.17, 15) is 8.42 Å². The minimum atomic E-state index is -3.17. The van der Waals surface area contributed by atoms with E-state index in [0.29, 0.717) is 11.6 Å². The predicted octanol–water partition coefficient (Wildman–Crippen LogP) is 1.52. The largest absolute Gasteiger partial charge is 0.397 e. The van der Waals surface area contributed by atoms with E-state index < -0.39 is 9.84 Å². The van der Waals surface area contributed by atoms with Crippen molar-refractivity contribution in [2.75, 3.05) is 30.0 Å². The lowest BCUT2D eigenvalue weighted by molar-refractivity contribution is 0.602. The van der Waals surface area contributed by atoms with Gasteiger partial charge in [0.15, 0.2) is 9.84 Å². The molecule has 4 nitrogen and oxygen atoms in total.